The van der Waals surface area contributed by atoms with E-state index in [1.807, 2.05) is 18.2 Å². The van der Waals surface area contributed by atoms with Gasteiger partial charge in [0.05, 0.1) is 29.8 Å². The molecule has 2 aliphatic rings. The van der Waals surface area contributed by atoms with Gasteiger partial charge in [0.2, 0.25) is 5.95 Å². The van der Waals surface area contributed by atoms with Crippen LogP contribution in [0.25, 0.3) is 11.0 Å². The highest BCUT2D eigenvalue weighted by atomic mass is 16.5. The smallest absolute Gasteiger partial charge is 0.206 e. The molecule has 0 atom stereocenters. The lowest BCUT2D eigenvalue weighted by Gasteiger charge is -2.42. The van der Waals surface area contributed by atoms with Gasteiger partial charge in [0.25, 0.3) is 0 Å². The molecule has 5 nitrogen and oxygen atoms in total. The summed E-state index contributed by atoms with van der Waals surface area (Å²) in [5.74, 6) is 0.969. The summed E-state index contributed by atoms with van der Waals surface area (Å²) in [4.78, 5) is 7.16. The molecule has 0 saturated carbocycles. The molecule has 5 heteroatoms. The molecule has 0 bridgehead atoms. The largest absolute Gasteiger partial charge is 0.395 e. The average Bonchev–Trinajstić information content (AvgIpc) is 2.95. The fourth-order valence-corrected chi connectivity index (χ4v) is 3.98. The summed E-state index contributed by atoms with van der Waals surface area (Å²) in [6, 6.07) is 8.14. The standard InChI is InChI=1S/C19H25N3O2/c1-15-6-13-24-19(14-15)7-9-21(10-8-19)18-20-16-4-2-3-5-17(16)22(18)11-12-23/h2-5,14,23H,6-13H2,1H3. The molecule has 24 heavy (non-hydrogen) atoms. The van der Waals surface area contributed by atoms with Crippen LogP contribution in [0, 0.1) is 0 Å². The van der Waals surface area contributed by atoms with Crippen molar-refractivity contribution in [3.8, 4) is 0 Å². The second-order valence-corrected chi connectivity index (χ2v) is 6.92. The molecular weight excluding hydrogens is 302 g/mol. The third-order valence-corrected chi connectivity index (χ3v) is 5.25. The highest BCUT2D eigenvalue weighted by Gasteiger charge is 2.36. The summed E-state index contributed by atoms with van der Waals surface area (Å²) in [6.07, 6.45) is 5.38. The van der Waals surface area contributed by atoms with Gasteiger partial charge in [0.15, 0.2) is 0 Å². The lowest BCUT2D eigenvalue weighted by atomic mass is 9.87. The van der Waals surface area contributed by atoms with Crippen molar-refractivity contribution >= 4 is 17.0 Å². The van der Waals surface area contributed by atoms with Gasteiger partial charge in [-0.2, -0.15) is 0 Å². The molecule has 2 aromatic rings. The lowest BCUT2D eigenvalue weighted by Crippen LogP contribution is -2.47. The predicted molar refractivity (Wildman–Crippen MR) is 95.3 cm³/mol. The molecule has 2 aliphatic heterocycles. The number of fused-ring (bicyclic) bond motifs is 1. The molecule has 0 unspecified atom stereocenters. The van der Waals surface area contributed by atoms with E-state index in [-0.39, 0.29) is 12.2 Å². The summed E-state index contributed by atoms with van der Waals surface area (Å²) in [5, 5.41) is 9.45. The Labute approximate surface area is 142 Å². The van der Waals surface area contributed by atoms with E-state index in [4.69, 9.17) is 9.72 Å². The number of ether oxygens (including phenoxy) is 1. The Bertz CT molecular complexity index is 757. The van der Waals surface area contributed by atoms with Gasteiger partial charge in [0, 0.05) is 19.6 Å². The van der Waals surface area contributed by atoms with Crippen LogP contribution in [-0.4, -0.2) is 46.6 Å². The maximum absolute atomic E-state index is 9.45. The normalized spacial score (nSPS) is 20.6. The van der Waals surface area contributed by atoms with Crippen molar-refractivity contribution in [3.05, 3.63) is 35.9 Å². The van der Waals surface area contributed by atoms with Crippen LogP contribution in [-0.2, 0) is 11.3 Å². The van der Waals surface area contributed by atoms with Gasteiger partial charge in [-0.05, 0) is 38.3 Å². The lowest BCUT2D eigenvalue weighted by molar-refractivity contribution is -0.0327. The van der Waals surface area contributed by atoms with Gasteiger partial charge < -0.3 is 19.3 Å². The van der Waals surface area contributed by atoms with E-state index in [1.165, 1.54) is 5.57 Å². The third kappa shape index (κ3) is 2.72. The zero-order chi connectivity index (χ0) is 16.6. The first-order valence-corrected chi connectivity index (χ1v) is 8.84. The van der Waals surface area contributed by atoms with Gasteiger partial charge in [-0.25, -0.2) is 4.98 Å². The summed E-state index contributed by atoms with van der Waals surface area (Å²) in [5.41, 5.74) is 3.45. The minimum absolute atomic E-state index is 0.0767. The number of nitrogens with zero attached hydrogens (tertiary/aromatic N) is 3. The number of aromatic nitrogens is 2. The highest BCUT2D eigenvalue weighted by molar-refractivity contribution is 5.78. The quantitative estimate of drug-likeness (QED) is 0.881. The molecule has 0 amide bonds. The van der Waals surface area contributed by atoms with Crippen molar-refractivity contribution in [2.75, 3.05) is 31.2 Å². The van der Waals surface area contributed by atoms with Crippen LogP contribution in [0.4, 0.5) is 5.95 Å². The molecular formula is C19H25N3O2. The Hall–Kier alpha value is -1.85. The number of hydrogen-bond donors (Lipinski definition) is 1. The van der Waals surface area contributed by atoms with Crippen molar-refractivity contribution in [1.82, 2.24) is 9.55 Å². The van der Waals surface area contributed by atoms with Crippen molar-refractivity contribution < 1.29 is 9.84 Å². The van der Waals surface area contributed by atoms with Crippen molar-refractivity contribution in [3.63, 3.8) is 0 Å². The van der Waals surface area contributed by atoms with E-state index in [2.05, 4.69) is 28.5 Å². The van der Waals surface area contributed by atoms with E-state index >= 15 is 0 Å². The fourth-order valence-electron chi connectivity index (χ4n) is 3.98. The van der Waals surface area contributed by atoms with Crippen molar-refractivity contribution in [2.24, 2.45) is 0 Å². The minimum atomic E-state index is -0.0767. The molecule has 1 aromatic heterocycles. The van der Waals surface area contributed by atoms with Gasteiger partial charge in [-0.1, -0.05) is 23.8 Å². The summed E-state index contributed by atoms with van der Waals surface area (Å²) in [6.45, 7) is 5.60. The number of aliphatic hydroxyl groups excluding tert-OH is 1. The number of piperidine rings is 1. The maximum Gasteiger partial charge on any atom is 0.206 e. The van der Waals surface area contributed by atoms with Gasteiger partial charge in [-0.15, -0.1) is 0 Å². The average molecular weight is 327 g/mol. The van der Waals surface area contributed by atoms with Crippen LogP contribution in [0.1, 0.15) is 26.2 Å². The molecule has 0 aliphatic carbocycles. The second kappa shape index (κ2) is 6.22. The Kier molecular flexibility index (Phi) is 4.06. The van der Waals surface area contributed by atoms with E-state index < -0.39 is 0 Å². The van der Waals surface area contributed by atoms with Gasteiger partial charge >= 0.3 is 0 Å². The number of benzene rings is 1. The Balaban J connectivity index is 1.60. The van der Waals surface area contributed by atoms with Gasteiger partial charge in [0.1, 0.15) is 0 Å². The first-order valence-electron chi connectivity index (χ1n) is 8.84. The monoisotopic (exact) mass is 327 g/mol. The number of imidazole rings is 1. The number of anilines is 1. The molecule has 1 aromatic carbocycles. The van der Waals surface area contributed by atoms with E-state index in [9.17, 15) is 5.11 Å². The summed E-state index contributed by atoms with van der Waals surface area (Å²) in [7, 11) is 0. The Morgan fingerprint density at radius 3 is 2.79 bits per heavy atom. The molecule has 128 valence electrons. The maximum atomic E-state index is 9.45. The fraction of sp³-hybridized carbons (Fsp3) is 0.526. The number of para-hydroxylation sites is 2. The Morgan fingerprint density at radius 2 is 2.04 bits per heavy atom. The van der Waals surface area contributed by atoms with Crippen LogP contribution in [0.15, 0.2) is 35.9 Å². The highest BCUT2D eigenvalue weighted by Crippen LogP contribution is 2.35. The number of rotatable bonds is 3. The molecule has 4 rings (SSSR count). The first kappa shape index (κ1) is 15.7. The first-order chi connectivity index (χ1) is 11.7. The van der Waals surface area contributed by atoms with E-state index in [0.717, 1.165) is 55.9 Å². The van der Waals surface area contributed by atoms with E-state index in [0.29, 0.717) is 6.54 Å². The molecule has 1 N–H and O–H groups in total. The SMILES string of the molecule is CC1=CC2(CCN(c3nc4ccccc4n3CCO)CC2)OCC1. The van der Waals surface area contributed by atoms with Crippen LogP contribution in [0.2, 0.25) is 0 Å². The zero-order valence-electron chi connectivity index (χ0n) is 14.2. The predicted octanol–water partition coefficient (Wildman–Crippen LogP) is 2.73. The second-order valence-electron chi connectivity index (χ2n) is 6.92. The third-order valence-electron chi connectivity index (χ3n) is 5.25. The van der Waals surface area contributed by atoms with Crippen LogP contribution in [0.5, 0.6) is 0 Å². The minimum Gasteiger partial charge on any atom is -0.395 e. The van der Waals surface area contributed by atoms with Crippen molar-refractivity contribution in [1.29, 1.82) is 0 Å². The summed E-state index contributed by atoms with van der Waals surface area (Å²) < 4.78 is 8.26. The molecule has 3 heterocycles. The Morgan fingerprint density at radius 1 is 1.25 bits per heavy atom. The van der Waals surface area contributed by atoms with Crippen LogP contribution in [0.3, 0.4) is 0 Å². The van der Waals surface area contributed by atoms with Crippen LogP contribution < -0.4 is 4.90 Å². The molecule has 1 fully saturated rings. The van der Waals surface area contributed by atoms with Gasteiger partial charge in [-0.3, -0.25) is 0 Å². The topological polar surface area (TPSA) is 50.5 Å². The molecule has 1 spiro atoms. The molecule has 1 saturated heterocycles. The van der Waals surface area contributed by atoms with E-state index in [1.54, 1.807) is 0 Å². The number of aliphatic hydroxyl groups is 1. The van der Waals surface area contributed by atoms with Crippen molar-refractivity contribution in [2.45, 2.75) is 38.3 Å². The molecule has 0 radical (unpaired) electrons. The number of hydrogen-bond acceptors (Lipinski definition) is 4. The summed E-state index contributed by atoms with van der Waals surface area (Å²) >= 11 is 0. The van der Waals surface area contributed by atoms with Crippen LogP contribution >= 0.6 is 0 Å². The zero-order valence-corrected chi connectivity index (χ0v) is 14.2.